The zero-order valence-electron chi connectivity index (χ0n) is 11.0. The number of aromatic nitrogens is 1. The van der Waals surface area contributed by atoms with Gasteiger partial charge in [0.25, 0.3) is 0 Å². The van der Waals surface area contributed by atoms with E-state index < -0.39 is 5.97 Å². The molecule has 0 fully saturated rings. The Labute approximate surface area is 119 Å². The van der Waals surface area contributed by atoms with Gasteiger partial charge in [-0.2, -0.15) is 0 Å². The highest BCUT2D eigenvalue weighted by atomic mass is 16.4. The van der Waals surface area contributed by atoms with Crippen LogP contribution < -0.4 is 0 Å². The summed E-state index contributed by atoms with van der Waals surface area (Å²) in [6.45, 7) is 0. The van der Waals surface area contributed by atoms with E-state index >= 15 is 0 Å². The number of furan rings is 1. The number of fused-ring (bicyclic) bond motifs is 2. The number of hydrogen-bond acceptors (Lipinski definition) is 2. The summed E-state index contributed by atoms with van der Waals surface area (Å²) in [5.74, 6) is -0.392. The lowest BCUT2D eigenvalue weighted by atomic mass is 10.1. The third-order valence-corrected chi connectivity index (χ3v) is 3.59. The lowest BCUT2D eigenvalue weighted by Crippen LogP contribution is -1.97. The number of carbonyl (C=O) groups is 1. The van der Waals surface area contributed by atoms with Gasteiger partial charge < -0.3 is 13.9 Å². The number of rotatable bonds is 2. The standard InChI is InChI=1S/C17H11NO3/c19-17(20)16-12(10-18-8-4-3-6-13(16)18)15-9-11-5-1-2-7-14(11)21-15/h1-10H,(H,19,20). The fourth-order valence-electron chi connectivity index (χ4n) is 2.65. The number of para-hydroxylation sites is 1. The highest BCUT2D eigenvalue weighted by molar-refractivity contribution is 6.03. The minimum absolute atomic E-state index is 0.259. The van der Waals surface area contributed by atoms with E-state index in [0.717, 1.165) is 11.0 Å². The van der Waals surface area contributed by atoms with Crippen molar-refractivity contribution in [1.29, 1.82) is 0 Å². The fourth-order valence-corrected chi connectivity index (χ4v) is 2.65. The van der Waals surface area contributed by atoms with Crippen LogP contribution in [0.25, 0.3) is 27.8 Å². The summed E-state index contributed by atoms with van der Waals surface area (Å²) in [5, 5.41) is 10.5. The van der Waals surface area contributed by atoms with Crippen LogP contribution in [0.3, 0.4) is 0 Å². The van der Waals surface area contributed by atoms with E-state index in [-0.39, 0.29) is 5.56 Å². The molecule has 0 aliphatic carbocycles. The molecule has 0 spiro atoms. The van der Waals surface area contributed by atoms with Gasteiger partial charge in [0.2, 0.25) is 0 Å². The van der Waals surface area contributed by atoms with Crippen molar-refractivity contribution in [2.75, 3.05) is 0 Å². The molecule has 0 unspecified atom stereocenters. The van der Waals surface area contributed by atoms with Gasteiger partial charge >= 0.3 is 5.97 Å². The largest absolute Gasteiger partial charge is 0.478 e. The average molecular weight is 277 g/mol. The molecule has 0 saturated carbocycles. The molecule has 4 nitrogen and oxygen atoms in total. The number of hydrogen-bond donors (Lipinski definition) is 1. The smallest absolute Gasteiger partial charge is 0.338 e. The Morgan fingerprint density at radius 1 is 1.10 bits per heavy atom. The van der Waals surface area contributed by atoms with Crippen LogP contribution in [-0.4, -0.2) is 15.5 Å². The molecular formula is C17H11NO3. The SMILES string of the molecule is O=C(O)c1c(-c2cc3ccccc3o2)cn2ccccc12. The fraction of sp³-hybridized carbons (Fsp3) is 0. The second kappa shape index (κ2) is 4.24. The maximum Gasteiger partial charge on any atom is 0.338 e. The summed E-state index contributed by atoms with van der Waals surface area (Å²) in [6.07, 6.45) is 3.62. The topological polar surface area (TPSA) is 54.8 Å². The quantitative estimate of drug-likeness (QED) is 0.601. The zero-order chi connectivity index (χ0) is 14.4. The van der Waals surface area contributed by atoms with Gasteiger partial charge in [0.15, 0.2) is 0 Å². The van der Waals surface area contributed by atoms with Crippen LogP contribution in [0, 0.1) is 0 Å². The van der Waals surface area contributed by atoms with Crippen molar-refractivity contribution in [2.24, 2.45) is 0 Å². The summed E-state index contributed by atoms with van der Waals surface area (Å²) in [5.41, 5.74) is 2.25. The van der Waals surface area contributed by atoms with Crippen molar-refractivity contribution in [3.63, 3.8) is 0 Å². The highest BCUT2D eigenvalue weighted by Crippen LogP contribution is 2.33. The molecular weight excluding hydrogens is 266 g/mol. The molecule has 0 bridgehead atoms. The summed E-state index contributed by atoms with van der Waals surface area (Å²) in [7, 11) is 0. The molecule has 21 heavy (non-hydrogen) atoms. The van der Waals surface area contributed by atoms with Crippen LogP contribution in [-0.2, 0) is 0 Å². The lowest BCUT2D eigenvalue weighted by Gasteiger charge is -1.96. The number of nitrogens with zero attached hydrogens (tertiary/aromatic N) is 1. The van der Waals surface area contributed by atoms with Crippen molar-refractivity contribution < 1.29 is 14.3 Å². The van der Waals surface area contributed by atoms with Crippen molar-refractivity contribution in [3.05, 3.63) is 66.5 Å². The van der Waals surface area contributed by atoms with Crippen molar-refractivity contribution in [1.82, 2.24) is 4.40 Å². The molecule has 1 N–H and O–H groups in total. The zero-order valence-corrected chi connectivity index (χ0v) is 11.0. The van der Waals surface area contributed by atoms with Crippen molar-refractivity contribution in [2.45, 2.75) is 0 Å². The van der Waals surface area contributed by atoms with E-state index in [1.54, 1.807) is 16.7 Å². The van der Waals surface area contributed by atoms with Crippen LogP contribution in [0.4, 0.5) is 0 Å². The molecule has 0 aliphatic rings. The molecule has 0 saturated heterocycles. The van der Waals surface area contributed by atoms with Gasteiger partial charge in [-0.3, -0.25) is 0 Å². The minimum Gasteiger partial charge on any atom is -0.478 e. The van der Waals surface area contributed by atoms with Crippen LogP contribution in [0.2, 0.25) is 0 Å². The van der Waals surface area contributed by atoms with E-state index in [4.69, 9.17) is 4.42 Å². The third-order valence-electron chi connectivity index (χ3n) is 3.59. The molecule has 1 aromatic carbocycles. The summed E-state index contributed by atoms with van der Waals surface area (Å²) in [4.78, 5) is 11.6. The number of aromatic carboxylic acids is 1. The minimum atomic E-state index is -0.959. The summed E-state index contributed by atoms with van der Waals surface area (Å²) < 4.78 is 7.60. The first-order valence-electron chi connectivity index (χ1n) is 6.56. The molecule has 3 aromatic heterocycles. The second-order valence-corrected chi connectivity index (χ2v) is 4.86. The number of benzene rings is 1. The van der Waals surface area contributed by atoms with Crippen LogP contribution >= 0.6 is 0 Å². The van der Waals surface area contributed by atoms with E-state index in [1.807, 2.05) is 48.7 Å². The van der Waals surface area contributed by atoms with Crippen molar-refractivity contribution >= 4 is 22.5 Å². The van der Waals surface area contributed by atoms with Gasteiger partial charge in [0.1, 0.15) is 11.3 Å². The number of pyridine rings is 1. The molecule has 0 aliphatic heterocycles. The van der Waals surface area contributed by atoms with E-state index in [0.29, 0.717) is 16.8 Å². The molecule has 0 atom stereocenters. The summed E-state index contributed by atoms with van der Waals surface area (Å²) in [6, 6.07) is 15.0. The monoisotopic (exact) mass is 277 g/mol. The first-order valence-corrected chi connectivity index (χ1v) is 6.56. The van der Waals surface area contributed by atoms with Crippen LogP contribution in [0.15, 0.2) is 65.3 Å². The predicted octanol–water partition coefficient (Wildman–Crippen LogP) is 4.05. The highest BCUT2D eigenvalue weighted by Gasteiger charge is 2.20. The Kier molecular flexibility index (Phi) is 2.38. The van der Waals surface area contributed by atoms with E-state index in [9.17, 15) is 9.90 Å². The van der Waals surface area contributed by atoms with Crippen LogP contribution in [0.5, 0.6) is 0 Å². The third kappa shape index (κ3) is 1.73. The molecule has 0 amide bonds. The Morgan fingerprint density at radius 3 is 2.71 bits per heavy atom. The first kappa shape index (κ1) is 11.8. The van der Waals surface area contributed by atoms with Gasteiger partial charge in [0.05, 0.1) is 16.6 Å². The maximum absolute atomic E-state index is 11.6. The molecule has 4 aromatic rings. The Bertz CT molecular complexity index is 945. The maximum atomic E-state index is 11.6. The normalized spacial score (nSPS) is 11.2. The molecule has 4 heteroatoms. The molecule has 0 radical (unpaired) electrons. The lowest BCUT2D eigenvalue weighted by molar-refractivity contribution is 0.0699. The summed E-state index contributed by atoms with van der Waals surface area (Å²) >= 11 is 0. The first-order chi connectivity index (χ1) is 10.2. The Morgan fingerprint density at radius 2 is 1.90 bits per heavy atom. The van der Waals surface area contributed by atoms with Gasteiger partial charge in [0, 0.05) is 17.8 Å². The number of carboxylic acids is 1. The van der Waals surface area contributed by atoms with Gasteiger partial charge in [-0.25, -0.2) is 4.79 Å². The second-order valence-electron chi connectivity index (χ2n) is 4.86. The van der Waals surface area contributed by atoms with Crippen LogP contribution in [0.1, 0.15) is 10.4 Å². The van der Waals surface area contributed by atoms with E-state index in [2.05, 4.69) is 0 Å². The molecule has 4 rings (SSSR count). The molecule has 102 valence electrons. The van der Waals surface area contributed by atoms with Crippen molar-refractivity contribution in [3.8, 4) is 11.3 Å². The Balaban J connectivity index is 2.05. The van der Waals surface area contributed by atoms with Gasteiger partial charge in [-0.15, -0.1) is 0 Å². The number of carboxylic acid groups (broad SMARTS) is 1. The van der Waals surface area contributed by atoms with Gasteiger partial charge in [-0.05, 0) is 24.3 Å². The average Bonchev–Trinajstić information content (AvgIpc) is 3.08. The Hall–Kier alpha value is -3.01. The predicted molar refractivity (Wildman–Crippen MR) is 79.6 cm³/mol. The van der Waals surface area contributed by atoms with Gasteiger partial charge in [-0.1, -0.05) is 24.3 Å². The van der Waals surface area contributed by atoms with E-state index in [1.165, 1.54) is 0 Å². The molecule has 3 heterocycles.